The molecule has 0 amide bonds. The summed E-state index contributed by atoms with van der Waals surface area (Å²) in [6, 6.07) is 5.84. The van der Waals surface area contributed by atoms with Crippen molar-refractivity contribution >= 4 is 6.08 Å². The second-order valence-corrected chi connectivity index (χ2v) is 5.79. The maximum absolute atomic E-state index is 9.57. The van der Waals surface area contributed by atoms with Gasteiger partial charge in [0.25, 0.3) is 0 Å². The fourth-order valence-electron chi connectivity index (χ4n) is 3.50. The van der Waals surface area contributed by atoms with Gasteiger partial charge in [-0.3, -0.25) is 0 Å². The van der Waals surface area contributed by atoms with Crippen LogP contribution in [0.1, 0.15) is 56.1 Å². The van der Waals surface area contributed by atoms with E-state index < -0.39 is 0 Å². The van der Waals surface area contributed by atoms with Crippen LogP contribution in [-0.2, 0) is 6.42 Å². The molecule has 0 spiro atoms. The molecule has 96 valence electrons. The molecule has 1 N–H and O–H groups in total. The molecule has 1 heteroatoms. The molecule has 1 saturated carbocycles. The lowest BCUT2D eigenvalue weighted by molar-refractivity contribution is 0.395. The summed E-state index contributed by atoms with van der Waals surface area (Å²) in [5.74, 6) is 1.24. The summed E-state index contributed by atoms with van der Waals surface area (Å²) in [5.41, 5.74) is 4.32. The molecule has 3 rings (SSSR count). The first-order valence-corrected chi connectivity index (χ1v) is 7.35. The number of phenols is 1. The Labute approximate surface area is 110 Å². The number of hydrogen-bond donors (Lipinski definition) is 1. The summed E-state index contributed by atoms with van der Waals surface area (Å²) in [5, 5.41) is 9.57. The van der Waals surface area contributed by atoms with Crippen LogP contribution in [0.25, 0.3) is 6.08 Å². The van der Waals surface area contributed by atoms with Crippen molar-refractivity contribution in [2.75, 3.05) is 0 Å². The molecule has 2 aliphatic carbocycles. The van der Waals surface area contributed by atoms with Crippen LogP contribution in [0, 0.1) is 5.92 Å². The zero-order chi connectivity index (χ0) is 12.4. The highest BCUT2D eigenvalue weighted by Crippen LogP contribution is 2.36. The minimum atomic E-state index is 0.406. The fraction of sp³-hybridized carbons (Fsp3) is 0.529. The van der Waals surface area contributed by atoms with Gasteiger partial charge in [-0.2, -0.15) is 0 Å². The van der Waals surface area contributed by atoms with Crippen LogP contribution in [0.4, 0.5) is 0 Å². The van der Waals surface area contributed by atoms with Crippen molar-refractivity contribution in [2.24, 2.45) is 5.92 Å². The topological polar surface area (TPSA) is 20.2 Å². The minimum Gasteiger partial charge on any atom is -0.508 e. The first-order valence-electron chi connectivity index (χ1n) is 7.35. The highest BCUT2D eigenvalue weighted by atomic mass is 16.3. The molecular formula is C17H22O. The molecule has 0 atom stereocenters. The van der Waals surface area contributed by atoms with Crippen LogP contribution in [0.2, 0.25) is 0 Å². The number of allylic oxidation sites excluding steroid dienone is 1. The van der Waals surface area contributed by atoms with E-state index >= 15 is 0 Å². The quantitative estimate of drug-likeness (QED) is 0.757. The SMILES string of the molecule is Oc1ccc2c(c1)CCCC(C1CCCCC1)=C2. The van der Waals surface area contributed by atoms with Crippen LogP contribution >= 0.6 is 0 Å². The third-order valence-electron chi connectivity index (χ3n) is 4.51. The molecule has 1 nitrogen and oxygen atoms in total. The zero-order valence-corrected chi connectivity index (χ0v) is 11.0. The summed E-state index contributed by atoms with van der Waals surface area (Å²) < 4.78 is 0. The Morgan fingerprint density at radius 3 is 2.61 bits per heavy atom. The van der Waals surface area contributed by atoms with Crippen molar-refractivity contribution in [2.45, 2.75) is 51.4 Å². The molecule has 1 aromatic carbocycles. The Balaban J connectivity index is 1.89. The molecule has 1 fully saturated rings. The third kappa shape index (κ3) is 2.45. The number of aromatic hydroxyl groups is 1. The van der Waals surface area contributed by atoms with Crippen LogP contribution in [-0.4, -0.2) is 5.11 Å². The molecule has 0 aliphatic heterocycles. The predicted octanol–water partition coefficient (Wildman–Crippen LogP) is 4.69. The monoisotopic (exact) mass is 242 g/mol. The number of benzene rings is 1. The van der Waals surface area contributed by atoms with Gasteiger partial charge in [0.1, 0.15) is 5.75 Å². The maximum Gasteiger partial charge on any atom is 0.115 e. The highest BCUT2D eigenvalue weighted by molar-refractivity contribution is 5.59. The smallest absolute Gasteiger partial charge is 0.115 e. The van der Waals surface area contributed by atoms with Crippen molar-refractivity contribution in [3.05, 3.63) is 34.9 Å². The normalized spacial score (nSPS) is 21.0. The minimum absolute atomic E-state index is 0.406. The Morgan fingerprint density at radius 2 is 1.78 bits per heavy atom. The molecule has 0 aromatic heterocycles. The summed E-state index contributed by atoms with van der Waals surface area (Å²) in [6.07, 6.45) is 13.0. The van der Waals surface area contributed by atoms with Gasteiger partial charge in [-0.05, 0) is 61.3 Å². The van der Waals surface area contributed by atoms with E-state index in [0.29, 0.717) is 5.75 Å². The second kappa shape index (κ2) is 5.17. The largest absolute Gasteiger partial charge is 0.508 e. The van der Waals surface area contributed by atoms with Gasteiger partial charge in [0, 0.05) is 0 Å². The van der Waals surface area contributed by atoms with Gasteiger partial charge < -0.3 is 5.11 Å². The van der Waals surface area contributed by atoms with E-state index in [1.807, 2.05) is 12.1 Å². The summed E-state index contributed by atoms with van der Waals surface area (Å²) in [7, 11) is 0. The molecule has 0 heterocycles. The van der Waals surface area contributed by atoms with Gasteiger partial charge in [0.15, 0.2) is 0 Å². The van der Waals surface area contributed by atoms with E-state index in [2.05, 4.69) is 12.1 Å². The Bertz CT molecular complexity index is 453. The van der Waals surface area contributed by atoms with E-state index in [-0.39, 0.29) is 0 Å². The van der Waals surface area contributed by atoms with E-state index in [4.69, 9.17) is 0 Å². The van der Waals surface area contributed by atoms with Gasteiger partial charge >= 0.3 is 0 Å². The van der Waals surface area contributed by atoms with E-state index in [1.54, 1.807) is 5.57 Å². The lowest BCUT2D eigenvalue weighted by Crippen LogP contribution is -2.08. The Kier molecular flexibility index (Phi) is 3.40. The van der Waals surface area contributed by atoms with E-state index in [0.717, 1.165) is 12.3 Å². The number of aryl methyl sites for hydroxylation is 1. The lowest BCUT2D eigenvalue weighted by atomic mass is 9.82. The molecule has 0 radical (unpaired) electrons. The van der Waals surface area contributed by atoms with Crippen molar-refractivity contribution in [1.82, 2.24) is 0 Å². The summed E-state index contributed by atoms with van der Waals surface area (Å²) in [4.78, 5) is 0. The number of rotatable bonds is 1. The standard InChI is InChI=1S/C17H22O/c18-17-10-9-16-11-14(7-4-8-15(16)12-17)13-5-2-1-3-6-13/h9-13,18H,1-8H2. The van der Waals surface area contributed by atoms with Gasteiger partial charge in [-0.15, -0.1) is 0 Å². The van der Waals surface area contributed by atoms with Crippen LogP contribution < -0.4 is 0 Å². The van der Waals surface area contributed by atoms with Gasteiger partial charge in [-0.25, -0.2) is 0 Å². The first-order chi connectivity index (χ1) is 8.83. The number of fused-ring (bicyclic) bond motifs is 1. The van der Waals surface area contributed by atoms with Crippen molar-refractivity contribution in [3.63, 3.8) is 0 Å². The van der Waals surface area contributed by atoms with Gasteiger partial charge in [0.05, 0.1) is 0 Å². The van der Waals surface area contributed by atoms with Crippen molar-refractivity contribution < 1.29 is 5.11 Å². The van der Waals surface area contributed by atoms with E-state index in [1.165, 1.54) is 56.1 Å². The summed E-state index contributed by atoms with van der Waals surface area (Å²) in [6.45, 7) is 0. The molecule has 1 aromatic rings. The highest BCUT2D eigenvalue weighted by Gasteiger charge is 2.19. The number of phenolic OH excluding ortho intramolecular Hbond substituents is 1. The van der Waals surface area contributed by atoms with Crippen LogP contribution in [0.5, 0.6) is 5.75 Å². The molecule has 18 heavy (non-hydrogen) atoms. The second-order valence-electron chi connectivity index (χ2n) is 5.79. The average Bonchev–Trinajstić information content (AvgIpc) is 2.61. The Morgan fingerprint density at radius 1 is 0.944 bits per heavy atom. The maximum atomic E-state index is 9.57. The third-order valence-corrected chi connectivity index (χ3v) is 4.51. The van der Waals surface area contributed by atoms with Gasteiger partial charge in [0.2, 0.25) is 0 Å². The first kappa shape index (κ1) is 11.8. The van der Waals surface area contributed by atoms with Gasteiger partial charge in [-0.1, -0.05) is 37.0 Å². The molecule has 2 aliphatic rings. The van der Waals surface area contributed by atoms with Crippen LogP contribution in [0.3, 0.4) is 0 Å². The van der Waals surface area contributed by atoms with Crippen LogP contribution in [0.15, 0.2) is 23.8 Å². The molecule has 0 unspecified atom stereocenters. The predicted molar refractivity (Wildman–Crippen MR) is 75.6 cm³/mol. The lowest BCUT2D eigenvalue weighted by Gasteiger charge is -2.24. The Hall–Kier alpha value is -1.24. The van der Waals surface area contributed by atoms with Crippen molar-refractivity contribution in [1.29, 1.82) is 0 Å². The van der Waals surface area contributed by atoms with Crippen molar-refractivity contribution in [3.8, 4) is 5.75 Å². The number of hydrogen-bond acceptors (Lipinski definition) is 1. The summed E-state index contributed by atoms with van der Waals surface area (Å²) >= 11 is 0. The van der Waals surface area contributed by atoms with E-state index in [9.17, 15) is 5.11 Å². The fourth-order valence-corrected chi connectivity index (χ4v) is 3.50. The molecule has 0 bridgehead atoms. The average molecular weight is 242 g/mol. The molecule has 0 saturated heterocycles. The zero-order valence-electron chi connectivity index (χ0n) is 11.0. The molecular weight excluding hydrogens is 220 g/mol.